The van der Waals surface area contributed by atoms with Crippen LogP contribution in [0.25, 0.3) is 0 Å². The zero-order valence-corrected chi connectivity index (χ0v) is 11.4. The molecule has 17 heavy (non-hydrogen) atoms. The maximum Gasteiger partial charge on any atom is 0.0406 e. The molecule has 0 radical (unpaired) electrons. The smallest absolute Gasteiger partial charge is 0.0406 e. The van der Waals surface area contributed by atoms with Gasteiger partial charge in [-0.2, -0.15) is 0 Å². The van der Waals surface area contributed by atoms with Gasteiger partial charge >= 0.3 is 0 Å². The lowest BCUT2D eigenvalue weighted by Gasteiger charge is -2.36. The van der Waals surface area contributed by atoms with E-state index in [0.29, 0.717) is 12.1 Å². The molecule has 2 unspecified atom stereocenters. The summed E-state index contributed by atoms with van der Waals surface area (Å²) >= 11 is 5.92. The van der Waals surface area contributed by atoms with Gasteiger partial charge in [-0.1, -0.05) is 23.7 Å². The third-order valence-corrected chi connectivity index (χ3v) is 4.06. The van der Waals surface area contributed by atoms with Crippen LogP contribution in [-0.4, -0.2) is 31.1 Å². The highest BCUT2D eigenvalue weighted by Crippen LogP contribution is 2.24. The van der Waals surface area contributed by atoms with Crippen LogP contribution in [0.15, 0.2) is 24.3 Å². The van der Waals surface area contributed by atoms with E-state index < -0.39 is 0 Å². The Balaban J connectivity index is 2.02. The van der Waals surface area contributed by atoms with Crippen molar-refractivity contribution in [2.75, 3.05) is 20.1 Å². The van der Waals surface area contributed by atoms with Crippen LogP contribution >= 0.6 is 11.6 Å². The maximum atomic E-state index is 5.92. The molecule has 0 amide bonds. The first-order valence-corrected chi connectivity index (χ1v) is 6.74. The summed E-state index contributed by atoms with van der Waals surface area (Å²) in [5.74, 6) is 0. The fourth-order valence-corrected chi connectivity index (χ4v) is 2.60. The topological polar surface area (TPSA) is 15.3 Å². The molecule has 1 N–H and O–H groups in total. The first-order chi connectivity index (χ1) is 8.18. The zero-order valence-electron chi connectivity index (χ0n) is 10.6. The van der Waals surface area contributed by atoms with E-state index in [1.54, 1.807) is 0 Å². The predicted molar refractivity (Wildman–Crippen MR) is 73.5 cm³/mol. The molecule has 1 saturated heterocycles. The molecule has 0 saturated carbocycles. The number of benzene rings is 1. The van der Waals surface area contributed by atoms with Gasteiger partial charge in [0.25, 0.3) is 0 Å². The summed E-state index contributed by atoms with van der Waals surface area (Å²) in [5.41, 5.74) is 1.34. The molecule has 0 spiro atoms. The number of nitrogens with one attached hydrogen (secondary N) is 1. The third kappa shape index (κ3) is 3.21. The average molecular weight is 253 g/mol. The van der Waals surface area contributed by atoms with E-state index in [2.05, 4.69) is 36.3 Å². The molecule has 94 valence electrons. The number of rotatable bonds is 3. The van der Waals surface area contributed by atoms with Crippen LogP contribution in [0.5, 0.6) is 0 Å². The second-order valence-electron chi connectivity index (χ2n) is 4.89. The average Bonchev–Trinajstić information content (AvgIpc) is 2.39. The van der Waals surface area contributed by atoms with Crippen molar-refractivity contribution in [3.8, 4) is 0 Å². The van der Waals surface area contributed by atoms with Crippen molar-refractivity contribution < 1.29 is 0 Å². The molecule has 1 aliphatic heterocycles. The van der Waals surface area contributed by atoms with E-state index in [4.69, 9.17) is 11.6 Å². The molecule has 0 bridgehead atoms. The second-order valence-corrected chi connectivity index (χ2v) is 5.33. The number of hydrogen-bond acceptors (Lipinski definition) is 2. The van der Waals surface area contributed by atoms with Gasteiger partial charge in [0, 0.05) is 23.7 Å². The van der Waals surface area contributed by atoms with Crippen LogP contribution in [0.2, 0.25) is 5.02 Å². The van der Waals surface area contributed by atoms with Gasteiger partial charge in [-0.25, -0.2) is 0 Å². The molecule has 0 aliphatic carbocycles. The SMILES string of the molecule is CC(c1ccc(Cl)cc1)N(C)C1CCCNC1. The fourth-order valence-electron chi connectivity index (χ4n) is 2.47. The van der Waals surface area contributed by atoms with Crippen LogP contribution < -0.4 is 5.32 Å². The lowest BCUT2D eigenvalue weighted by Crippen LogP contribution is -2.45. The van der Waals surface area contributed by atoms with Crippen LogP contribution in [0.3, 0.4) is 0 Å². The lowest BCUT2D eigenvalue weighted by molar-refractivity contribution is 0.156. The van der Waals surface area contributed by atoms with Crippen molar-refractivity contribution in [3.63, 3.8) is 0 Å². The summed E-state index contributed by atoms with van der Waals surface area (Å²) in [4.78, 5) is 2.47. The van der Waals surface area contributed by atoms with Crippen LogP contribution in [0.4, 0.5) is 0 Å². The van der Waals surface area contributed by atoms with Crippen LogP contribution in [0.1, 0.15) is 31.4 Å². The van der Waals surface area contributed by atoms with E-state index in [1.165, 1.54) is 24.9 Å². The van der Waals surface area contributed by atoms with Crippen LogP contribution in [-0.2, 0) is 0 Å². The first kappa shape index (κ1) is 12.9. The molecular weight excluding hydrogens is 232 g/mol. The normalized spacial score (nSPS) is 22.7. The molecular formula is C14H21ClN2. The number of hydrogen-bond donors (Lipinski definition) is 1. The van der Waals surface area contributed by atoms with Crippen molar-refractivity contribution in [2.24, 2.45) is 0 Å². The van der Waals surface area contributed by atoms with Gasteiger partial charge in [0.2, 0.25) is 0 Å². The molecule has 2 atom stereocenters. The molecule has 1 fully saturated rings. The van der Waals surface area contributed by atoms with Crippen molar-refractivity contribution in [2.45, 2.75) is 31.8 Å². The predicted octanol–water partition coefficient (Wildman–Crippen LogP) is 3.08. The molecule has 1 heterocycles. The first-order valence-electron chi connectivity index (χ1n) is 6.36. The standard InChI is InChI=1S/C14H21ClN2/c1-11(12-5-7-13(15)8-6-12)17(2)14-4-3-9-16-10-14/h5-8,11,14,16H,3-4,9-10H2,1-2H3. The van der Waals surface area contributed by atoms with Gasteiger partial charge in [-0.15, -0.1) is 0 Å². The Bertz CT molecular complexity index is 344. The van der Waals surface area contributed by atoms with Gasteiger partial charge in [-0.3, -0.25) is 4.90 Å². The number of halogens is 1. The number of piperidine rings is 1. The summed E-state index contributed by atoms with van der Waals surface area (Å²) in [6.45, 7) is 4.53. The minimum absolute atomic E-state index is 0.442. The van der Waals surface area contributed by atoms with Gasteiger partial charge in [0.1, 0.15) is 0 Å². The summed E-state index contributed by atoms with van der Waals surface area (Å²) in [5, 5.41) is 4.28. The molecule has 1 aromatic carbocycles. The quantitative estimate of drug-likeness (QED) is 0.890. The Morgan fingerprint density at radius 2 is 2.06 bits per heavy atom. The van der Waals surface area contributed by atoms with Crippen LogP contribution in [0, 0.1) is 0 Å². The van der Waals surface area contributed by atoms with Crippen molar-refractivity contribution in [1.82, 2.24) is 10.2 Å². The minimum Gasteiger partial charge on any atom is -0.315 e. The third-order valence-electron chi connectivity index (χ3n) is 3.81. The lowest BCUT2D eigenvalue weighted by atomic mass is 10.0. The molecule has 3 heteroatoms. The van der Waals surface area contributed by atoms with Crippen molar-refractivity contribution in [3.05, 3.63) is 34.9 Å². The van der Waals surface area contributed by atoms with E-state index >= 15 is 0 Å². The second kappa shape index (κ2) is 5.85. The van der Waals surface area contributed by atoms with E-state index in [9.17, 15) is 0 Å². The fraction of sp³-hybridized carbons (Fsp3) is 0.571. The summed E-state index contributed by atoms with van der Waals surface area (Å²) < 4.78 is 0. The molecule has 2 nitrogen and oxygen atoms in total. The van der Waals surface area contributed by atoms with E-state index in [1.807, 2.05) is 12.1 Å². The van der Waals surface area contributed by atoms with Crippen molar-refractivity contribution in [1.29, 1.82) is 0 Å². The molecule has 1 aliphatic rings. The Labute approximate surface area is 109 Å². The highest BCUT2D eigenvalue weighted by Gasteiger charge is 2.22. The molecule has 2 rings (SSSR count). The summed E-state index contributed by atoms with van der Waals surface area (Å²) in [7, 11) is 2.22. The highest BCUT2D eigenvalue weighted by atomic mass is 35.5. The zero-order chi connectivity index (χ0) is 12.3. The van der Waals surface area contributed by atoms with E-state index in [0.717, 1.165) is 11.6 Å². The van der Waals surface area contributed by atoms with E-state index in [-0.39, 0.29) is 0 Å². The van der Waals surface area contributed by atoms with Crippen molar-refractivity contribution >= 4 is 11.6 Å². The Kier molecular flexibility index (Phi) is 4.43. The summed E-state index contributed by atoms with van der Waals surface area (Å²) in [6, 6.07) is 9.28. The highest BCUT2D eigenvalue weighted by molar-refractivity contribution is 6.30. The molecule has 1 aromatic rings. The Morgan fingerprint density at radius 1 is 1.35 bits per heavy atom. The Morgan fingerprint density at radius 3 is 2.65 bits per heavy atom. The molecule has 0 aromatic heterocycles. The van der Waals surface area contributed by atoms with Gasteiger partial charge < -0.3 is 5.32 Å². The maximum absolute atomic E-state index is 5.92. The minimum atomic E-state index is 0.442. The number of nitrogens with zero attached hydrogens (tertiary/aromatic N) is 1. The van der Waals surface area contributed by atoms with Gasteiger partial charge in [0.05, 0.1) is 0 Å². The Hall–Kier alpha value is -0.570. The largest absolute Gasteiger partial charge is 0.315 e. The van der Waals surface area contributed by atoms with Gasteiger partial charge in [-0.05, 0) is 51.1 Å². The summed E-state index contributed by atoms with van der Waals surface area (Å²) in [6.07, 6.45) is 2.57. The monoisotopic (exact) mass is 252 g/mol. The number of likely N-dealkylation sites (N-methyl/N-ethyl adjacent to an activating group) is 1. The van der Waals surface area contributed by atoms with Gasteiger partial charge in [0.15, 0.2) is 0 Å².